The summed E-state index contributed by atoms with van der Waals surface area (Å²) in [6.07, 6.45) is -0.458. The van der Waals surface area contributed by atoms with E-state index >= 15 is 0 Å². The van der Waals surface area contributed by atoms with Gasteiger partial charge in [-0.3, -0.25) is 19.7 Å². The predicted octanol–water partition coefficient (Wildman–Crippen LogP) is -1.10. The third-order valence-electron chi connectivity index (χ3n) is 2.52. The molecule has 0 heterocycles. The topological polar surface area (TPSA) is 108 Å². The van der Waals surface area contributed by atoms with E-state index in [0.717, 1.165) is 0 Å². The fraction of sp³-hybridized carbons (Fsp3) is 0.750. The van der Waals surface area contributed by atoms with Crippen molar-refractivity contribution in [2.75, 3.05) is 6.54 Å². The largest absolute Gasteiger partial charge is 0.379 e. The van der Waals surface area contributed by atoms with Crippen molar-refractivity contribution in [2.24, 2.45) is 0 Å². The number of aliphatic hydroxyl groups is 1. The van der Waals surface area contributed by atoms with Gasteiger partial charge in [0.2, 0.25) is 11.8 Å². The number of carbonyl (C=O) groups excluding carboxylic acids is 3. The first-order valence-corrected chi connectivity index (χ1v) is 6.31. The fourth-order valence-corrected chi connectivity index (χ4v) is 1.44. The summed E-state index contributed by atoms with van der Waals surface area (Å²) in [5.74, 6) is -0.888. The molecule has 0 aromatic rings. The molecule has 0 saturated carbocycles. The van der Waals surface area contributed by atoms with E-state index in [2.05, 4.69) is 16.0 Å². The van der Waals surface area contributed by atoms with Gasteiger partial charge in [0, 0.05) is 6.42 Å². The number of ketones is 1. The summed E-state index contributed by atoms with van der Waals surface area (Å²) < 4.78 is 0. The van der Waals surface area contributed by atoms with Crippen LogP contribution in [-0.4, -0.2) is 47.6 Å². The predicted molar refractivity (Wildman–Crippen MR) is 70.2 cm³/mol. The zero-order valence-corrected chi connectivity index (χ0v) is 11.8. The second-order valence-corrected chi connectivity index (χ2v) is 4.39. The van der Waals surface area contributed by atoms with Gasteiger partial charge in [-0.1, -0.05) is 6.92 Å². The number of hydrogen-bond donors (Lipinski definition) is 4. The van der Waals surface area contributed by atoms with E-state index in [1.807, 2.05) is 0 Å². The lowest BCUT2D eigenvalue weighted by Crippen LogP contribution is -2.49. The lowest BCUT2D eigenvalue weighted by Gasteiger charge is -2.16. The Bertz CT molecular complexity index is 331. The Labute approximate surface area is 113 Å². The molecule has 0 aromatic heterocycles. The third kappa shape index (κ3) is 7.53. The molecule has 0 aliphatic heterocycles. The molecule has 0 spiro atoms. The number of hydrogen-bond acceptors (Lipinski definition) is 5. The van der Waals surface area contributed by atoms with Crippen LogP contribution in [0.5, 0.6) is 0 Å². The Balaban J connectivity index is 4.03. The summed E-state index contributed by atoms with van der Waals surface area (Å²) in [5, 5.41) is 16.5. The summed E-state index contributed by atoms with van der Waals surface area (Å²) in [4.78, 5) is 34.3. The van der Waals surface area contributed by atoms with Crippen molar-refractivity contribution in [3.8, 4) is 0 Å². The quantitative estimate of drug-likeness (QED) is 0.420. The van der Waals surface area contributed by atoms with E-state index in [1.54, 1.807) is 20.8 Å². The van der Waals surface area contributed by atoms with Crippen molar-refractivity contribution >= 4 is 17.6 Å². The van der Waals surface area contributed by atoms with Gasteiger partial charge in [0.05, 0.1) is 18.6 Å². The van der Waals surface area contributed by atoms with E-state index in [0.29, 0.717) is 6.42 Å². The average Bonchev–Trinajstić information content (AvgIpc) is 2.33. The van der Waals surface area contributed by atoms with Crippen LogP contribution in [-0.2, 0) is 14.4 Å². The molecule has 0 aliphatic rings. The number of carbonyl (C=O) groups is 3. The van der Waals surface area contributed by atoms with Crippen molar-refractivity contribution < 1.29 is 19.5 Å². The minimum atomic E-state index is -0.809. The first kappa shape index (κ1) is 17.5. The van der Waals surface area contributed by atoms with Crippen LogP contribution in [0, 0.1) is 0 Å². The van der Waals surface area contributed by atoms with Gasteiger partial charge < -0.3 is 15.7 Å². The minimum absolute atomic E-state index is 0.0659. The summed E-state index contributed by atoms with van der Waals surface area (Å²) in [5.41, 5.74) is 0. The average molecular weight is 273 g/mol. The maximum Gasteiger partial charge on any atom is 0.239 e. The van der Waals surface area contributed by atoms with Crippen LogP contribution >= 0.6 is 0 Å². The lowest BCUT2D eigenvalue weighted by molar-refractivity contribution is -0.129. The fourth-order valence-electron chi connectivity index (χ4n) is 1.44. The standard InChI is InChI=1S/C12H23N3O4/c1-5-10(17)7(2)15-11(18)6-13-12(19)8(3)14-9(4)16/h7-9,14,16H,5-6H2,1-4H3,(H,13,19)(H,15,18). The van der Waals surface area contributed by atoms with Crippen LogP contribution in [0.1, 0.15) is 34.1 Å². The van der Waals surface area contributed by atoms with Crippen LogP contribution in [0.15, 0.2) is 0 Å². The highest BCUT2D eigenvalue weighted by Gasteiger charge is 2.17. The molecule has 0 radical (unpaired) electrons. The molecule has 19 heavy (non-hydrogen) atoms. The van der Waals surface area contributed by atoms with Gasteiger partial charge in [-0.15, -0.1) is 0 Å². The molecule has 0 aromatic carbocycles. The first-order valence-electron chi connectivity index (χ1n) is 6.31. The van der Waals surface area contributed by atoms with Crippen molar-refractivity contribution in [1.29, 1.82) is 0 Å². The van der Waals surface area contributed by atoms with Gasteiger partial charge in [-0.25, -0.2) is 0 Å². The summed E-state index contributed by atoms with van der Waals surface area (Å²) in [7, 11) is 0. The highest BCUT2D eigenvalue weighted by Crippen LogP contribution is 1.90. The van der Waals surface area contributed by atoms with Crippen LogP contribution in [0.4, 0.5) is 0 Å². The molecular weight excluding hydrogens is 250 g/mol. The molecule has 7 nitrogen and oxygen atoms in total. The lowest BCUT2D eigenvalue weighted by atomic mass is 10.2. The van der Waals surface area contributed by atoms with E-state index in [4.69, 9.17) is 5.11 Å². The van der Waals surface area contributed by atoms with Gasteiger partial charge in [-0.2, -0.15) is 0 Å². The van der Waals surface area contributed by atoms with Crippen molar-refractivity contribution in [3.63, 3.8) is 0 Å². The number of Topliss-reactive ketones (excluding diaryl/α,β-unsaturated/α-hetero) is 1. The first-order chi connectivity index (χ1) is 8.77. The maximum absolute atomic E-state index is 11.5. The Morgan fingerprint density at radius 2 is 1.68 bits per heavy atom. The highest BCUT2D eigenvalue weighted by atomic mass is 16.3. The van der Waals surface area contributed by atoms with Crippen molar-refractivity contribution in [1.82, 2.24) is 16.0 Å². The van der Waals surface area contributed by atoms with Gasteiger partial charge in [0.15, 0.2) is 5.78 Å². The Morgan fingerprint density at radius 1 is 1.11 bits per heavy atom. The van der Waals surface area contributed by atoms with Crippen molar-refractivity contribution in [3.05, 3.63) is 0 Å². The van der Waals surface area contributed by atoms with Crippen LogP contribution < -0.4 is 16.0 Å². The summed E-state index contributed by atoms with van der Waals surface area (Å²) in [6.45, 7) is 6.18. The molecule has 0 aliphatic carbocycles. The third-order valence-corrected chi connectivity index (χ3v) is 2.52. The van der Waals surface area contributed by atoms with Crippen LogP contribution in [0.3, 0.4) is 0 Å². The smallest absolute Gasteiger partial charge is 0.239 e. The van der Waals surface area contributed by atoms with Gasteiger partial charge >= 0.3 is 0 Å². The molecule has 3 atom stereocenters. The molecule has 0 fully saturated rings. The van der Waals surface area contributed by atoms with Crippen LogP contribution in [0.2, 0.25) is 0 Å². The normalized spacial score (nSPS) is 15.2. The van der Waals surface area contributed by atoms with Crippen LogP contribution in [0.25, 0.3) is 0 Å². The van der Waals surface area contributed by atoms with E-state index in [1.165, 1.54) is 6.92 Å². The molecule has 4 N–H and O–H groups in total. The number of rotatable bonds is 8. The highest BCUT2D eigenvalue weighted by molar-refractivity contribution is 5.91. The number of nitrogens with one attached hydrogen (secondary N) is 3. The molecule has 3 unspecified atom stereocenters. The second-order valence-electron chi connectivity index (χ2n) is 4.39. The van der Waals surface area contributed by atoms with Crippen molar-refractivity contribution in [2.45, 2.75) is 52.4 Å². The molecule has 0 saturated heterocycles. The molecular formula is C12H23N3O4. The van der Waals surface area contributed by atoms with Gasteiger partial charge in [-0.05, 0) is 20.8 Å². The Morgan fingerprint density at radius 3 is 2.16 bits per heavy atom. The minimum Gasteiger partial charge on any atom is -0.379 e. The molecule has 7 heteroatoms. The van der Waals surface area contributed by atoms with Gasteiger partial charge in [0.25, 0.3) is 0 Å². The summed E-state index contributed by atoms with van der Waals surface area (Å²) >= 11 is 0. The maximum atomic E-state index is 11.5. The van der Waals surface area contributed by atoms with Gasteiger partial charge in [0.1, 0.15) is 6.23 Å². The van der Waals surface area contributed by atoms with E-state index < -0.39 is 30.1 Å². The Hall–Kier alpha value is -1.47. The Kier molecular flexibility index (Phi) is 7.94. The van der Waals surface area contributed by atoms with E-state index in [9.17, 15) is 14.4 Å². The number of aliphatic hydroxyl groups excluding tert-OH is 1. The monoisotopic (exact) mass is 273 g/mol. The zero-order chi connectivity index (χ0) is 15.0. The summed E-state index contributed by atoms with van der Waals surface area (Å²) in [6, 6.07) is -1.16. The molecule has 0 rings (SSSR count). The second kappa shape index (κ2) is 8.60. The molecule has 0 bridgehead atoms. The SMILES string of the molecule is CCC(=O)C(C)NC(=O)CNC(=O)C(C)NC(C)O. The zero-order valence-electron chi connectivity index (χ0n) is 11.8. The number of amides is 2. The molecule has 110 valence electrons. The molecule has 2 amide bonds. The van der Waals surface area contributed by atoms with E-state index in [-0.39, 0.29) is 12.3 Å².